The van der Waals surface area contributed by atoms with Gasteiger partial charge in [-0.25, -0.2) is 0 Å². The lowest BCUT2D eigenvalue weighted by Crippen LogP contribution is -2.34. The van der Waals surface area contributed by atoms with E-state index in [1.807, 2.05) is 29.2 Å². The molecule has 3 rings (SSSR count). The molecule has 1 aliphatic rings. The van der Waals surface area contributed by atoms with E-state index in [2.05, 4.69) is 28.9 Å². The van der Waals surface area contributed by atoms with Crippen LogP contribution in [0.4, 0.5) is 0 Å². The number of thioether (sulfide) groups is 1. The van der Waals surface area contributed by atoms with Gasteiger partial charge in [0.25, 0.3) is 0 Å². The highest BCUT2D eigenvalue weighted by Crippen LogP contribution is 2.31. The first-order chi connectivity index (χ1) is 12.4. The van der Waals surface area contributed by atoms with Crippen molar-refractivity contribution in [1.29, 1.82) is 0 Å². The number of halogens is 1. The summed E-state index contributed by atoms with van der Waals surface area (Å²) in [5.74, 6) is 0.143. The molecule has 2 aromatic carbocycles. The van der Waals surface area contributed by atoms with E-state index in [1.165, 1.54) is 0 Å². The normalized spacial score (nSPS) is 13.5. The molecule has 1 saturated carbocycles. The van der Waals surface area contributed by atoms with E-state index in [0.717, 1.165) is 33.3 Å². The Bertz CT molecular complexity index is 819. The minimum Gasteiger partial charge on any atom is -0.366 e. The van der Waals surface area contributed by atoms with Crippen molar-refractivity contribution in [3.63, 3.8) is 0 Å². The number of carbonyl (C=O) groups is 2. The largest absolute Gasteiger partial charge is 0.366 e. The summed E-state index contributed by atoms with van der Waals surface area (Å²) in [5.41, 5.74) is 7.94. The first kappa shape index (κ1) is 19.0. The van der Waals surface area contributed by atoms with Gasteiger partial charge in [0.05, 0.1) is 5.75 Å². The van der Waals surface area contributed by atoms with Crippen LogP contribution in [0.25, 0.3) is 0 Å². The van der Waals surface area contributed by atoms with Gasteiger partial charge >= 0.3 is 0 Å². The van der Waals surface area contributed by atoms with Crippen LogP contribution in [-0.4, -0.2) is 28.5 Å². The smallest absolute Gasteiger partial charge is 0.248 e. The summed E-state index contributed by atoms with van der Waals surface area (Å²) in [4.78, 5) is 27.0. The zero-order valence-electron chi connectivity index (χ0n) is 14.6. The van der Waals surface area contributed by atoms with E-state index in [1.54, 1.807) is 23.9 Å². The molecule has 136 valence electrons. The minimum atomic E-state index is -0.437. The number of nitrogens with zero attached hydrogens (tertiary/aromatic N) is 1. The van der Waals surface area contributed by atoms with Crippen LogP contribution in [0.15, 0.2) is 51.8 Å². The Morgan fingerprint density at radius 3 is 2.46 bits per heavy atom. The maximum atomic E-state index is 12.8. The molecule has 0 saturated heterocycles. The van der Waals surface area contributed by atoms with Crippen LogP contribution < -0.4 is 5.73 Å². The highest BCUT2D eigenvalue weighted by molar-refractivity contribution is 9.10. The molecule has 1 fully saturated rings. The van der Waals surface area contributed by atoms with Crippen molar-refractivity contribution in [2.24, 2.45) is 5.73 Å². The summed E-state index contributed by atoms with van der Waals surface area (Å²) in [6.45, 7) is 2.62. The number of nitrogens with two attached hydrogens (primary N) is 1. The van der Waals surface area contributed by atoms with Gasteiger partial charge in [-0.1, -0.05) is 28.1 Å². The summed E-state index contributed by atoms with van der Waals surface area (Å²) in [5, 5.41) is 0. The molecule has 0 radical (unpaired) electrons. The predicted octanol–water partition coefficient (Wildman–Crippen LogP) is 4.14. The monoisotopic (exact) mass is 432 g/mol. The van der Waals surface area contributed by atoms with Gasteiger partial charge in [0.2, 0.25) is 11.8 Å². The number of primary amides is 1. The highest BCUT2D eigenvalue weighted by Gasteiger charge is 2.32. The molecule has 0 atom stereocenters. The molecule has 4 nitrogen and oxygen atoms in total. The van der Waals surface area contributed by atoms with Crippen LogP contribution in [-0.2, 0) is 11.3 Å². The van der Waals surface area contributed by atoms with Crippen LogP contribution >= 0.6 is 27.7 Å². The first-order valence-corrected chi connectivity index (χ1v) is 10.3. The van der Waals surface area contributed by atoms with Crippen molar-refractivity contribution >= 4 is 39.5 Å². The summed E-state index contributed by atoms with van der Waals surface area (Å²) in [7, 11) is 0. The fraction of sp³-hybridized carbons (Fsp3) is 0.300. The molecule has 6 heteroatoms. The average molecular weight is 433 g/mol. The number of amides is 2. The maximum absolute atomic E-state index is 12.8. The molecule has 0 unspecified atom stereocenters. The number of aryl methyl sites for hydroxylation is 1. The van der Waals surface area contributed by atoms with E-state index >= 15 is 0 Å². The van der Waals surface area contributed by atoms with Gasteiger partial charge in [-0.3, -0.25) is 9.59 Å². The number of rotatable bonds is 7. The predicted molar refractivity (Wildman–Crippen MR) is 108 cm³/mol. The zero-order chi connectivity index (χ0) is 18.7. The number of hydrogen-bond acceptors (Lipinski definition) is 3. The van der Waals surface area contributed by atoms with Gasteiger partial charge in [0.1, 0.15) is 0 Å². The van der Waals surface area contributed by atoms with E-state index in [0.29, 0.717) is 23.9 Å². The third-order valence-corrected chi connectivity index (χ3v) is 6.04. The van der Waals surface area contributed by atoms with Gasteiger partial charge in [0, 0.05) is 27.5 Å². The van der Waals surface area contributed by atoms with Gasteiger partial charge in [-0.15, -0.1) is 11.8 Å². The molecular formula is C20H21BrN2O2S. The Morgan fingerprint density at radius 1 is 1.19 bits per heavy atom. The van der Waals surface area contributed by atoms with Crippen molar-refractivity contribution in [2.75, 3.05) is 5.75 Å². The van der Waals surface area contributed by atoms with Crippen molar-refractivity contribution in [1.82, 2.24) is 4.90 Å². The van der Waals surface area contributed by atoms with Gasteiger partial charge < -0.3 is 10.6 Å². The second kappa shape index (κ2) is 8.27. The van der Waals surface area contributed by atoms with Crippen molar-refractivity contribution in [3.05, 3.63) is 63.6 Å². The Morgan fingerprint density at radius 2 is 1.88 bits per heavy atom. The van der Waals surface area contributed by atoms with E-state index in [9.17, 15) is 9.59 Å². The highest BCUT2D eigenvalue weighted by atomic mass is 79.9. The second-order valence-corrected chi connectivity index (χ2v) is 8.45. The Kier molecular flexibility index (Phi) is 6.04. The molecule has 2 N–H and O–H groups in total. The average Bonchev–Trinajstić information content (AvgIpc) is 3.44. The summed E-state index contributed by atoms with van der Waals surface area (Å²) in [6.07, 6.45) is 2.13. The molecule has 0 bridgehead atoms. The maximum Gasteiger partial charge on any atom is 0.248 e. The van der Waals surface area contributed by atoms with E-state index in [-0.39, 0.29) is 5.91 Å². The summed E-state index contributed by atoms with van der Waals surface area (Å²) in [6, 6.07) is 13.6. The van der Waals surface area contributed by atoms with Crippen molar-refractivity contribution in [3.8, 4) is 0 Å². The molecule has 0 spiro atoms. The van der Waals surface area contributed by atoms with E-state index in [4.69, 9.17) is 5.73 Å². The van der Waals surface area contributed by atoms with E-state index < -0.39 is 5.91 Å². The minimum absolute atomic E-state index is 0.152. The first-order valence-electron chi connectivity index (χ1n) is 8.51. The molecule has 0 aromatic heterocycles. The van der Waals surface area contributed by atoms with Crippen molar-refractivity contribution in [2.45, 2.75) is 37.2 Å². The lowest BCUT2D eigenvalue weighted by Gasteiger charge is -2.23. The molecule has 2 amide bonds. The molecule has 0 heterocycles. The molecular weight excluding hydrogens is 412 g/mol. The third kappa shape index (κ3) is 4.89. The molecule has 0 aliphatic heterocycles. The van der Waals surface area contributed by atoms with Gasteiger partial charge in [0.15, 0.2) is 0 Å². The van der Waals surface area contributed by atoms with Crippen molar-refractivity contribution < 1.29 is 9.59 Å². The van der Waals surface area contributed by atoms with Crippen LogP contribution in [0.1, 0.15) is 34.3 Å². The molecule has 26 heavy (non-hydrogen) atoms. The third-order valence-electron chi connectivity index (χ3n) is 4.39. The fourth-order valence-corrected chi connectivity index (χ4v) is 4.15. The molecule has 2 aromatic rings. The SMILES string of the molecule is Cc1cc(Br)ccc1SCC(=O)N(Cc1ccc(C(N)=O)cc1)C1CC1. The fourth-order valence-electron chi connectivity index (χ4n) is 2.78. The lowest BCUT2D eigenvalue weighted by atomic mass is 10.1. The number of benzene rings is 2. The quantitative estimate of drug-likeness (QED) is 0.668. The summed E-state index contributed by atoms with van der Waals surface area (Å²) >= 11 is 5.05. The Labute approximate surface area is 166 Å². The zero-order valence-corrected chi connectivity index (χ0v) is 17.0. The van der Waals surface area contributed by atoms with Crippen LogP contribution in [0.2, 0.25) is 0 Å². The lowest BCUT2D eigenvalue weighted by molar-refractivity contribution is -0.129. The second-order valence-electron chi connectivity index (χ2n) is 6.51. The molecule has 1 aliphatic carbocycles. The van der Waals surface area contributed by atoms with Crippen LogP contribution in [0, 0.1) is 6.92 Å². The van der Waals surface area contributed by atoms with Gasteiger partial charge in [-0.2, -0.15) is 0 Å². The Balaban J connectivity index is 1.63. The van der Waals surface area contributed by atoms with Gasteiger partial charge in [-0.05, 0) is 61.2 Å². The topological polar surface area (TPSA) is 63.4 Å². The summed E-state index contributed by atoms with van der Waals surface area (Å²) < 4.78 is 1.05. The van der Waals surface area contributed by atoms with Crippen LogP contribution in [0.5, 0.6) is 0 Å². The number of hydrogen-bond donors (Lipinski definition) is 1. The van der Waals surface area contributed by atoms with Crippen LogP contribution in [0.3, 0.4) is 0 Å². The number of carbonyl (C=O) groups excluding carboxylic acids is 2. The standard InChI is InChI=1S/C20H21BrN2O2S/c1-13-10-16(21)6-9-18(13)26-12-19(24)23(17-7-8-17)11-14-2-4-15(5-3-14)20(22)25/h2-6,9-10,17H,7-8,11-12H2,1H3,(H2,22,25). The Hall–Kier alpha value is -1.79.